The van der Waals surface area contributed by atoms with Crippen LogP contribution in [0.15, 0.2) is 18.2 Å². The van der Waals surface area contributed by atoms with Gasteiger partial charge in [-0.05, 0) is 17.7 Å². The van der Waals surface area contributed by atoms with Gasteiger partial charge >= 0.3 is 12.1 Å². The highest BCUT2D eigenvalue weighted by Crippen LogP contribution is 2.32. The van der Waals surface area contributed by atoms with Gasteiger partial charge < -0.3 is 9.84 Å². The fraction of sp³-hybridized carbons (Fsp3) is 0.462. The van der Waals surface area contributed by atoms with E-state index >= 15 is 0 Å². The number of carboxylic acids is 1. The van der Waals surface area contributed by atoms with E-state index < -0.39 is 23.5 Å². The van der Waals surface area contributed by atoms with E-state index in [1.54, 1.807) is 0 Å². The summed E-state index contributed by atoms with van der Waals surface area (Å²) in [5.41, 5.74) is -1.18. The number of nitrogens with zero attached hydrogens (tertiary/aromatic N) is 1. The van der Waals surface area contributed by atoms with Crippen molar-refractivity contribution in [1.82, 2.24) is 4.90 Å². The lowest BCUT2D eigenvalue weighted by molar-refractivity contribution is -0.140. The number of aliphatic carboxylic acids is 1. The van der Waals surface area contributed by atoms with Crippen LogP contribution in [0.5, 0.6) is 0 Å². The van der Waals surface area contributed by atoms with Gasteiger partial charge in [-0.1, -0.05) is 6.07 Å². The molecule has 4 nitrogen and oxygen atoms in total. The Balaban J connectivity index is 2.90. The van der Waals surface area contributed by atoms with Crippen LogP contribution in [-0.2, 0) is 22.3 Å². The van der Waals surface area contributed by atoms with Crippen LogP contribution in [0.3, 0.4) is 0 Å². The Hall–Kier alpha value is -1.67. The van der Waals surface area contributed by atoms with E-state index in [2.05, 4.69) is 0 Å². The number of hydrogen-bond acceptors (Lipinski definition) is 3. The van der Waals surface area contributed by atoms with E-state index in [4.69, 9.17) is 9.84 Å². The van der Waals surface area contributed by atoms with Crippen molar-refractivity contribution in [2.24, 2.45) is 0 Å². The molecule has 0 saturated carbocycles. The summed E-state index contributed by atoms with van der Waals surface area (Å²) in [7, 11) is 1.43. The second-order valence-electron chi connectivity index (χ2n) is 4.41. The van der Waals surface area contributed by atoms with Crippen molar-refractivity contribution in [3.8, 4) is 0 Å². The summed E-state index contributed by atoms with van der Waals surface area (Å²) in [6.45, 7) is 0.0865. The summed E-state index contributed by atoms with van der Waals surface area (Å²) in [5.74, 6) is -2.46. The number of carbonyl (C=O) groups is 1. The fourth-order valence-corrected chi connectivity index (χ4v) is 1.77. The number of ether oxygens (including phenoxy) is 1. The van der Waals surface area contributed by atoms with Crippen LogP contribution >= 0.6 is 0 Å². The monoisotopic (exact) mass is 309 g/mol. The molecule has 21 heavy (non-hydrogen) atoms. The highest BCUT2D eigenvalue weighted by molar-refractivity contribution is 5.69. The lowest BCUT2D eigenvalue weighted by atomic mass is 10.1. The molecule has 1 aromatic carbocycles. The van der Waals surface area contributed by atoms with E-state index in [1.165, 1.54) is 18.1 Å². The summed E-state index contributed by atoms with van der Waals surface area (Å²) in [6, 6.07) is 2.62. The number of rotatable bonds is 7. The molecule has 0 amide bonds. The molecule has 0 radical (unpaired) electrons. The van der Waals surface area contributed by atoms with Crippen LogP contribution in [0, 0.1) is 5.82 Å². The van der Waals surface area contributed by atoms with Crippen molar-refractivity contribution in [2.45, 2.75) is 12.7 Å². The Bertz CT molecular complexity index is 491. The highest BCUT2D eigenvalue weighted by Gasteiger charge is 2.34. The quantitative estimate of drug-likeness (QED) is 0.786. The molecule has 0 aliphatic rings. The minimum absolute atomic E-state index is 0.0426. The molecule has 8 heteroatoms. The smallest absolute Gasteiger partial charge is 0.419 e. The Morgan fingerprint density at radius 2 is 2.05 bits per heavy atom. The molecule has 0 unspecified atom stereocenters. The van der Waals surface area contributed by atoms with E-state index in [-0.39, 0.29) is 31.8 Å². The van der Waals surface area contributed by atoms with Gasteiger partial charge in [0, 0.05) is 20.2 Å². The third-order valence-electron chi connectivity index (χ3n) is 2.71. The first-order valence-corrected chi connectivity index (χ1v) is 6.02. The second kappa shape index (κ2) is 7.37. The summed E-state index contributed by atoms with van der Waals surface area (Å²) >= 11 is 0. The topological polar surface area (TPSA) is 49.8 Å². The zero-order valence-electron chi connectivity index (χ0n) is 11.3. The number of benzene rings is 1. The third kappa shape index (κ3) is 5.68. The minimum atomic E-state index is -4.79. The maximum Gasteiger partial charge on any atom is 0.419 e. The molecule has 0 aliphatic carbocycles. The van der Waals surface area contributed by atoms with Gasteiger partial charge in [-0.25, -0.2) is 4.39 Å². The lowest BCUT2D eigenvalue weighted by Gasteiger charge is -2.20. The molecule has 0 fully saturated rings. The number of halogens is 4. The van der Waals surface area contributed by atoms with Crippen LogP contribution in [0.2, 0.25) is 0 Å². The van der Waals surface area contributed by atoms with E-state index in [1.807, 2.05) is 0 Å². The largest absolute Gasteiger partial charge is 0.480 e. The van der Waals surface area contributed by atoms with E-state index in [0.29, 0.717) is 6.07 Å². The number of methoxy groups -OCH3 is 1. The second-order valence-corrected chi connectivity index (χ2v) is 4.41. The van der Waals surface area contributed by atoms with Gasteiger partial charge in [0.2, 0.25) is 0 Å². The number of alkyl halides is 3. The van der Waals surface area contributed by atoms with Gasteiger partial charge in [0.15, 0.2) is 0 Å². The molecular formula is C13H15F4NO3. The molecule has 0 atom stereocenters. The normalized spacial score (nSPS) is 11.9. The van der Waals surface area contributed by atoms with E-state index in [9.17, 15) is 22.4 Å². The third-order valence-corrected chi connectivity index (χ3v) is 2.71. The molecule has 1 N–H and O–H groups in total. The Kier molecular flexibility index (Phi) is 6.10. The highest BCUT2D eigenvalue weighted by atomic mass is 19.4. The molecule has 0 saturated heterocycles. The molecule has 0 aromatic heterocycles. The Labute approximate surface area is 118 Å². The van der Waals surface area contributed by atoms with Crippen LogP contribution in [-0.4, -0.2) is 42.8 Å². The zero-order valence-corrected chi connectivity index (χ0v) is 11.3. The summed E-state index contributed by atoms with van der Waals surface area (Å²) < 4.78 is 55.8. The average Bonchev–Trinajstić information content (AvgIpc) is 2.36. The molecule has 0 aliphatic heterocycles. The molecular weight excluding hydrogens is 294 g/mol. The molecule has 0 heterocycles. The van der Waals surface area contributed by atoms with Crippen molar-refractivity contribution in [3.63, 3.8) is 0 Å². The first-order valence-electron chi connectivity index (χ1n) is 6.02. The Morgan fingerprint density at radius 3 is 2.57 bits per heavy atom. The van der Waals surface area contributed by atoms with Crippen LogP contribution in [0.25, 0.3) is 0 Å². The van der Waals surface area contributed by atoms with Crippen molar-refractivity contribution < 1.29 is 32.2 Å². The summed E-state index contributed by atoms with van der Waals surface area (Å²) in [6.07, 6.45) is -4.79. The van der Waals surface area contributed by atoms with Crippen LogP contribution in [0.1, 0.15) is 11.1 Å². The standard InChI is InChI=1S/C13H15F4NO3/c1-21-5-4-18(8-12(19)20)7-9-2-3-11(14)10(6-9)13(15,16)17/h2-3,6H,4-5,7-8H2,1H3,(H,19,20). The van der Waals surface area contributed by atoms with Gasteiger partial charge in [-0.15, -0.1) is 0 Å². The molecule has 118 valence electrons. The maximum atomic E-state index is 13.2. The van der Waals surface area contributed by atoms with E-state index in [0.717, 1.165) is 6.07 Å². The summed E-state index contributed by atoms with van der Waals surface area (Å²) in [5, 5.41) is 8.77. The number of carboxylic acid groups (broad SMARTS) is 1. The average molecular weight is 309 g/mol. The van der Waals surface area contributed by atoms with Crippen molar-refractivity contribution >= 4 is 5.97 Å². The first-order chi connectivity index (χ1) is 9.74. The predicted molar refractivity (Wildman–Crippen MR) is 66.2 cm³/mol. The van der Waals surface area contributed by atoms with Crippen molar-refractivity contribution in [2.75, 3.05) is 26.8 Å². The summed E-state index contributed by atoms with van der Waals surface area (Å²) in [4.78, 5) is 12.1. The first kappa shape index (κ1) is 17.4. The van der Waals surface area contributed by atoms with Crippen molar-refractivity contribution in [3.05, 3.63) is 35.1 Å². The number of hydrogen-bond donors (Lipinski definition) is 1. The van der Waals surface area contributed by atoms with Gasteiger partial charge in [-0.3, -0.25) is 9.69 Å². The van der Waals surface area contributed by atoms with Crippen LogP contribution in [0.4, 0.5) is 17.6 Å². The minimum Gasteiger partial charge on any atom is -0.480 e. The molecule has 0 bridgehead atoms. The van der Waals surface area contributed by atoms with Gasteiger partial charge in [0.1, 0.15) is 5.82 Å². The zero-order chi connectivity index (χ0) is 16.0. The molecule has 1 aromatic rings. The van der Waals surface area contributed by atoms with Crippen molar-refractivity contribution in [1.29, 1.82) is 0 Å². The van der Waals surface area contributed by atoms with Crippen LogP contribution < -0.4 is 0 Å². The predicted octanol–water partition coefficient (Wildman–Crippen LogP) is 2.38. The van der Waals surface area contributed by atoms with Gasteiger partial charge in [-0.2, -0.15) is 13.2 Å². The SMILES string of the molecule is COCCN(CC(=O)O)Cc1ccc(F)c(C(F)(F)F)c1. The Morgan fingerprint density at radius 1 is 1.38 bits per heavy atom. The fourth-order valence-electron chi connectivity index (χ4n) is 1.77. The molecule has 1 rings (SSSR count). The molecule has 0 spiro atoms. The van der Waals surface area contributed by atoms with Gasteiger partial charge in [0.05, 0.1) is 18.7 Å². The lowest BCUT2D eigenvalue weighted by Crippen LogP contribution is -2.32. The van der Waals surface area contributed by atoms with Gasteiger partial charge in [0.25, 0.3) is 0 Å². The maximum absolute atomic E-state index is 13.2.